The van der Waals surface area contributed by atoms with Crippen LogP contribution in [0.4, 0.5) is 23.1 Å². The topological polar surface area (TPSA) is 76.1 Å². The van der Waals surface area contributed by atoms with Crippen LogP contribution in [0.5, 0.6) is 0 Å². The lowest BCUT2D eigenvalue weighted by molar-refractivity contribution is 0.0527. The van der Waals surface area contributed by atoms with Crippen molar-refractivity contribution in [3.63, 3.8) is 0 Å². The van der Waals surface area contributed by atoms with Crippen LogP contribution in [0.25, 0.3) is 0 Å². The van der Waals surface area contributed by atoms with Crippen molar-refractivity contribution in [1.82, 2.24) is 9.97 Å². The summed E-state index contributed by atoms with van der Waals surface area (Å²) in [6, 6.07) is 16.9. The average molecular weight is 348 g/mol. The summed E-state index contributed by atoms with van der Waals surface area (Å²) in [6.07, 6.45) is 1.65. The molecule has 0 aliphatic carbocycles. The molecule has 132 valence electrons. The van der Waals surface area contributed by atoms with E-state index in [-0.39, 0.29) is 5.97 Å². The number of esters is 1. The molecule has 0 saturated carbocycles. The Morgan fingerprint density at radius 3 is 2.73 bits per heavy atom. The van der Waals surface area contributed by atoms with Gasteiger partial charge >= 0.3 is 5.97 Å². The molecular weight excluding hydrogens is 328 g/mol. The van der Waals surface area contributed by atoms with Crippen molar-refractivity contribution in [3.8, 4) is 0 Å². The fourth-order valence-electron chi connectivity index (χ4n) is 2.46. The molecule has 0 aliphatic rings. The van der Waals surface area contributed by atoms with Crippen LogP contribution in [0.1, 0.15) is 22.8 Å². The molecule has 2 aromatic carbocycles. The molecule has 26 heavy (non-hydrogen) atoms. The van der Waals surface area contributed by atoms with Gasteiger partial charge in [0.1, 0.15) is 5.82 Å². The molecule has 6 heteroatoms. The van der Waals surface area contributed by atoms with Gasteiger partial charge in [-0.3, -0.25) is 0 Å². The highest BCUT2D eigenvalue weighted by molar-refractivity contribution is 5.96. The molecule has 0 spiro atoms. The molecule has 0 fully saturated rings. The lowest BCUT2D eigenvalue weighted by Crippen LogP contribution is -2.09. The van der Waals surface area contributed by atoms with Crippen LogP contribution in [0.3, 0.4) is 0 Å². The highest BCUT2D eigenvalue weighted by atomic mass is 16.5. The first kappa shape index (κ1) is 17.4. The zero-order valence-electron chi connectivity index (χ0n) is 14.7. The molecule has 0 saturated heterocycles. The molecule has 1 aromatic heterocycles. The monoisotopic (exact) mass is 348 g/mol. The van der Waals surface area contributed by atoms with Gasteiger partial charge in [-0.1, -0.05) is 24.3 Å². The van der Waals surface area contributed by atoms with Crippen LogP contribution in [-0.2, 0) is 4.74 Å². The number of nitrogens with zero attached hydrogens (tertiary/aromatic N) is 2. The second-order valence-corrected chi connectivity index (χ2v) is 5.65. The Kier molecular flexibility index (Phi) is 5.43. The van der Waals surface area contributed by atoms with Crippen molar-refractivity contribution in [2.75, 3.05) is 17.2 Å². The van der Waals surface area contributed by atoms with E-state index in [1.807, 2.05) is 37.3 Å². The molecular formula is C20H20N4O2. The van der Waals surface area contributed by atoms with Crippen molar-refractivity contribution in [1.29, 1.82) is 0 Å². The Labute approximate surface area is 152 Å². The van der Waals surface area contributed by atoms with Crippen molar-refractivity contribution in [2.45, 2.75) is 13.8 Å². The fraction of sp³-hybridized carbons (Fsp3) is 0.150. The van der Waals surface area contributed by atoms with Gasteiger partial charge in [0.25, 0.3) is 0 Å². The van der Waals surface area contributed by atoms with Gasteiger partial charge < -0.3 is 15.4 Å². The summed E-state index contributed by atoms with van der Waals surface area (Å²) in [5.41, 5.74) is 3.14. The smallest absolute Gasteiger partial charge is 0.340 e. The number of rotatable bonds is 6. The third kappa shape index (κ3) is 4.36. The van der Waals surface area contributed by atoms with E-state index in [0.29, 0.717) is 29.6 Å². The number of aryl methyl sites for hydroxylation is 1. The molecule has 0 bridgehead atoms. The van der Waals surface area contributed by atoms with Crippen molar-refractivity contribution >= 4 is 29.1 Å². The maximum atomic E-state index is 12.1. The van der Waals surface area contributed by atoms with Crippen LogP contribution < -0.4 is 10.6 Å². The number of para-hydroxylation sites is 1. The first-order chi connectivity index (χ1) is 12.7. The van der Waals surface area contributed by atoms with Gasteiger partial charge in [0.15, 0.2) is 0 Å². The zero-order valence-corrected chi connectivity index (χ0v) is 14.7. The molecule has 2 N–H and O–H groups in total. The van der Waals surface area contributed by atoms with E-state index in [2.05, 4.69) is 20.6 Å². The Bertz CT molecular complexity index is 912. The lowest BCUT2D eigenvalue weighted by atomic mass is 10.2. The molecule has 0 radical (unpaired) electrons. The third-order valence-corrected chi connectivity index (χ3v) is 3.61. The van der Waals surface area contributed by atoms with Crippen LogP contribution >= 0.6 is 0 Å². The summed E-state index contributed by atoms with van der Waals surface area (Å²) in [7, 11) is 0. The number of hydrogen-bond donors (Lipinski definition) is 2. The van der Waals surface area contributed by atoms with Crippen LogP contribution in [0.2, 0.25) is 0 Å². The predicted octanol–water partition coefficient (Wildman–Crippen LogP) is 4.45. The van der Waals surface area contributed by atoms with Crippen molar-refractivity contribution in [2.24, 2.45) is 0 Å². The molecule has 3 rings (SSSR count). The number of aromatic nitrogens is 2. The van der Waals surface area contributed by atoms with Gasteiger partial charge in [0, 0.05) is 11.9 Å². The Balaban J connectivity index is 1.80. The first-order valence-corrected chi connectivity index (χ1v) is 8.35. The second kappa shape index (κ2) is 8.11. The number of hydrogen-bond acceptors (Lipinski definition) is 6. The van der Waals surface area contributed by atoms with E-state index >= 15 is 0 Å². The van der Waals surface area contributed by atoms with Gasteiger partial charge in [-0.25, -0.2) is 9.78 Å². The van der Waals surface area contributed by atoms with Gasteiger partial charge in [0.2, 0.25) is 5.95 Å². The lowest BCUT2D eigenvalue weighted by Gasteiger charge is -2.11. The summed E-state index contributed by atoms with van der Waals surface area (Å²) in [4.78, 5) is 20.8. The van der Waals surface area contributed by atoms with Gasteiger partial charge in [0.05, 0.1) is 17.9 Å². The SMILES string of the molecule is CCOC(=O)c1ccccc1Nc1nccc(Nc2cccc(C)c2)n1. The maximum absolute atomic E-state index is 12.1. The van der Waals surface area contributed by atoms with E-state index in [9.17, 15) is 4.79 Å². The van der Waals surface area contributed by atoms with Gasteiger partial charge in [-0.05, 0) is 49.7 Å². The molecule has 0 amide bonds. The number of carbonyl (C=O) groups is 1. The van der Waals surface area contributed by atoms with Gasteiger partial charge in [-0.15, -0.1) is 0 Å². The van der Waals surface area contributed by atoms with E-state index in [1.54, 1.807) is 37.4 Å². The second-order valence-electron chi connectivity index (χ2n) is 5.65. The molecule has 0 atom stereocenters. The number of nitrogens with one attached hydrogen (secondary N) is 2. The molecule has 6 nitrogen and oxygen atoms in total. The number of anilines is 4. The van der Waals surface area contributed by atoms with Crippen molar-refractivity contribution < 1.29 is 9.53 Å². The summed E-state index contributed by atoms with van der Waals surface area (Å²) in [6.45, 7) is 4.13. The number of carbonyl (C=O) groups excluding carboxylic acids is 1. The number of ether oxygens (including phenoxy) is 1. The molecule has 0 aliphatic heterocycles. The van der Waals surface area contributed by atoms with E-state index < -0.39 is 0 Å². The minimum Gasteiger partial charge on any atom is -0.462 e. The highest BCUT2D eigenvalue weighted by Gasteiger charge is 2.12. The predicted molar refractivity (Wildman–Crippen MR) is 102 cm³/mol. The fourth-order valence-corrected chi connectivity index (χ4v) is 2.46. The summed E-state index contributed by atoms with van der Waals surface area (Å²) >= 11 is 0. The number of benzene rings is 2. The summed E-state index contributed by atoms with van der Waals surface area (Å²) < 4.78 is 5.09. The van der Waals surface area contributed by atoms with Crippen LogP contribution in [-0.4, -0.2) is 22.5 Å². The maximum Gasteiger partial charge on any atom is 0.340 e. The largest absolute Gasteiger partial charge is 0.462 e. The van der Waals surface area contributed by atoms with Crippen LogP contribution in [0, 0.1) is 6.92 Å². The minimum absolute atomic E-state index is 0.319. The van der Waals surface area contributed by atoms with Crippen LogP contribution in [0.15, 0.2) is 60.8 Å². The van der Waals surface area contributed by atoms with E-state index in [0.717, 1.165) is 11.3 Å². The standard InChI is InChI=1S/C20H20N4O2/c1-3-26-19(25)16-9-4-5-10-17(16)23-20-21-12-11-18(24-20)22-15-8-6-7-14(2)13-15/h4-13H,3H2,1-2H3,(H2,21,22,23,24). The Hall–Kier alpha value is -3.41. The quantitative estimate of drug-likeness (QED) is 0.641. The third-order valence-electron chi connectivity index (χ3n) is 3.61. The van der Waals surface area contributed by atoms with E-state index in [4.69, 9.17) is 4.74 Å². The Morgan fingerprint density at radius 1 is 1.08 bits per heavy atom. The molecule has 3 aromatic rings. The first-order valence-electron chi connectivity index (χ1n) is 8.35. The summed E-state index contributed by atoms with van der Waals surface area (Å²) in [5, 5.41) is 6.33. The van der Waals surface area contributed by atoms with E-state index in [1.165, 1.54) is 0 Å². The normalized spacial score (nSPS) is 10.2. The minimum atomic E-state index is -0.385. The van der Waals surface area contributed by atoms with Crippen molar-refractivity contribution in [3.05, 3.63) is 71.9 Å². The molecule has 0 unspecified atom stereocenters. The highest BCUT2D eigenvalue weighted by Crippen LogP contribution is 2.21. The molecule has 1 heterocycles. The average Bonchev–Trinajstić information content (AvgIpc) is 2.63. The van der Waals surface area contributed by atoms with Gasteiger partial charge in [-0.2, -0.15) is 4.98 Å². The zero-order chi connectivity index (χ0) is 18.4. The Morgan fingerprint density at radius 2 is 1.92 bits per heavy atom. The summed E-state index contributed by atoms with van der Waals surface area (Å²) in [5.74, 6) is 0.658.